The first-order valence-corrected chi connectivity index (χ1v) is 6.82. The minimum absolute atomic E-state index is 0.0290. The van der Waals surface area contributed by atoms with Crippen LogP contribution in [0.15, 0.2) is 36.4 Å². The van der Waals surface area contributed by atoms with Crippen LogP contribution in [0.5, 0.6) is 11.6 Å². The standard InChI is InChI=1S/C16H21N3O2/c1-11(2)21-16-14(17)9-10-15(18-16)19(3)12-5-7-13(20-4)8-6-12/h5-11H,17H2,1-4H3. The molecule has 0 bridgehead atoms. The second kappa shape index (κ2) is 6.35. The summed E-state index contributed by atoms with van der Waals surface area (Å²) >= 11 is 0. The summed E-state index contributed by atoms with van der Waals surface area (Å²) in [6.07, 6.45) is 0.0290. The number of nitrogens with zero attached hydrogens (tertiary/aromatic N) is 2. The third-order valence-corrected chi connectivity index (χ3v) is 3.03. The molecule has 0 aliphatic rings. The summed E-state index contributed by atoms with van der Waals surface area (Å²) in [6.45, 7) is 3.89. The van der Waals surface area contributed by atoms with E-state index < -0.39 is 0 Å². The predicted octanol–water partition coefficient (Wildman–Crippen LogP) is 3.23. The van der Waals surface area contributed by atoms with Crippen LogP contribution in [0.3, 0.4) is 0 Å². The van der Waals surface area contributed by atoms with E-state index in [1.807, 2.05) is 56.1 Å². The van der Waals surface area contributed by atoms with E-state index in [2.05, 4.69) is 4.98 Å². The van der Waals surface area contributed by atoms with Gasteiger partial charge in [0.1, 0.15) is 11.6 Å². The molecule has 0 radical (unpaired) electrons. The number of benzene rings is 1. The Hall–Kier alpha value is -2.43. The van der Waals surface area contributed by atoms with Crippen molar-refractivity contribution >= 4 is 17.2 Å². The van der Waals surface area contributed by atoms with E-state index in [9.17, 15) is 0 Å². The molecule has 2 aromatic rings. The van der Waals surface area contributed by atoms with Crippen LogP contribution in [-0.4, -0.2) is 25.2 Å². The molecule has 0 spiro atoms. The molecular weight excluding hydrogens is 266 g/mol. The SMILES string of the molecule is COc1ccc(N(C)c2ccc(N)c(OC(C)C)n2)cc1. The zero-order chi connectivity index (χ0) is 15.4. The van der Waals surface area contributed by atoms with Gasteiger partial charge < -0.3 is 20.1 Å². The van der Waals surface area contributed by atoms with Crippen LogP contribution in [-0.2, 0) is 0 Å². The average Bonchev–Trinajstić information content (AvgIpc) is 2.48. The van der Waals surface area contributed by atoms with Crippen molar-refractivity contribution < 1.29 is 9.47 Å². The van der Waals surface area contributed by atoms with E-state index in [-0.39, 0.29) is 6.10 Å². The normalized spacial score (nSPS) is 10.5. The molecule has 1 heterocycles. The molecule has 21 heavy (non-hydrogen) atoms. The Labute approximate surface area is 125 Å². The number of hydrogen-bond donors (Lipinski definition) is 1. The van der Waals surface area contributed by atoms with Crippen LogP contribution in [0.4, 0.5) is 17.2 Å². The van der Waals surface area contributed by atoms with Crippen LogP contribution >= 0.6 is 0 Å². The second-order valence-electron chi connectivity index (χ2n) is 4.99. The first-order valence-electron chi connectivity index (χ1n) is 6.82. The monoisotopic (exact) mass is 287 g/mol. The fourth-order valence-corrected chi connectivity index (χ4v) is 1.88. The highest BCUT2D eigenvalue weighted by atomic mass is 16.5. The van der Waals surface area contributed by atoms with Crippen LogP contribution < -0.4 is 20.1 Å². The quantitative estimate of drug-likeness (QED) is 0.915. The third kappa shape index (κ3) is 3.56. The van der Waals surface area contributed by atoms with Gasteiger partial charge in [-0.05, 0) is 50.2 Å². The molecule has 5 heteroatoms. The Morgan fingerprint density at radius 2 is 1.76 bits per heavy atom. The van der Waals surface area contributed by atoms with Crippen LogP contribution in [0.2, 0.25) is 0 Å². The maximum absolute atomic E-state index is 5.89. The van der Waals surface area contributed by atoms with Gasteiger partial charge in [0.2, 0.25) is 5.88 Å². The van der Waals surface area contributed by atoms with Gasteiger partial charge >= 0.3 is 0 Å². The lowest BCUT2D eigenvalue weighted by Crippen LogP contribution is -2.14. The summed E-state index contributed by atoms with van der Waals surface area (Å²) < 4.78 is 10.8. The van der Waals surface area contributed by atoms with E-state index in [1.54, 1.807) is 13.2 Å². The second-order valence-corrected chi connectivity index (χ2v) is 4.99. The highest BCUT2D eigenvalue weighted by Gasteiger charge is 2.11. The Balaban J connectivity index is 2.27. The maximum Gasteiger partial charge on any atom is 0.239 e. The van der Waals surface area contributed by atoms with E-state index in [0.29, 0.717) is 11.6 Å². The number of ether oxygens (including phenoxy) is 2. The molecule has 2 N–H and O–H groups in total. The molecular formula is C16H21N3O2. The average molecular weight is 287 g/mol. The molecule has 1 aromatic heterocycles. The van der Waals surface area contributed by atoms with Gasteiger partial charge in [-0.1, -0.05) is 0 Å². The topological polar surface area (TPSA) is 60.6 Å². The van der Waals surface area contributed by atoms with Gasteiger partial charge in [-0.15, -0.1) is 0 Å². The Bertz CT molecular complexity index is 597. The van der Waals surface area contributed by atoms with Crippen molar-refractivity contribution in [3.63, 3.8) is 0 Å². The number of pyridine rings is 1. The summed E-state index contributed by atoms with van der Waals surface area (Å²) in [7, 11) is 3.59. The molecule has 0 aliphatic heterocycles. The molecule has 0 atom stereocenters. The fourth-order valence-electron chi connectivity index (χ4n) is 1.88. The number of aromatic nitrogens is 1. The largest absolute Gasteiger partial charge is 0.497 e. The highest BCUT2D eigenvalue weighted by molar-refractivity contribution is 5.63. The molecule has 0 saturated heterocycles. The molecule has 1 aromatic carbocycles. The molecule has 0 saturated carbocycles. The Morgan fingerprint density at radius 3 is 2.33 bits per heavy atom. The summed E-state index contributed by atoms with van der Waals surface area (Å²) in [6, 6.07) is 11.4. The van der Waals surface area contributed by atoms with Gasteiger partial charge in [0, 0.05) is 12.7 Å². The first kappa shape index (κ1) is 15.0. The minimum Gasteiger partial charge on any atom is -0.497 e. The molecule has 0 fully saturated rings. The van der Waals surface area contributed by atoms with Crippen molar-refractivity contribution in [2.45, 2.75) is 20.0 Å². The van der Waals surface area contributed by atoms with Crippen molar-refractivity contribution in [3.05, 3.63) is 36.4 Å². The van der Waals surface area contributed by atoms with E-state index >= 15 is 0 Å². The van der Waals surface area contributed by atoms with Crippen molar-refractivity contribution in [2.75, 3.05) is 24.8 Å². The van der Waals surface area contributed by atoms with Crippen LogP contribution in [0.1, 0.15) is 13.8 Å². The molecule has 0 amide bonds. The van der Waals surface area contributed by atoms with Gasteiger partial charge in [0.25, 0.3) is 0 Å². The van der Waals surface area contributed by atoms with Crippen molar-refractivity contribution in [3.8, 4) is 11.6 Å². The molecule has 2 rings (SSSR count). The summed E-state index contributed by atoms with van der Waals surface area (Å²) in [5.41, 5.74) is 7.43. The first-order chi connectivity index (χ1) is 10.0. The van der Waals surface area contributed by atoms with Crippen molar-refractivity contribution in [1.82, 2.24) is 4.98 Å². The number of nitrogens with two attached hydrogens (primary N) is 1. The number of nitrogen functional groups attached to an aromatic ring is 1. The van der Waals surface area contributed by atoms with Crippen LogP contribution in [0.25, 0.3) is 0 Å². The summed E-state index contributed by atoms with van der Waals surface area (Å²) in [5.74, 6) is 2.05. The van der Waals surface area contributed by atoms with Crippen molar-refractivity contribution in [1.29, 1.82) is 0 Å². The van der Waals surface area contributed by atoms with E-state index in [1.165, 1.54) is 0 Å². The molecule has 0 aliphatic carbocycles. The lowest BCUT2D eigenvalue weighted by Gasteiger charge is -2.20. The van der Waals surface area contributed by atoms with Gasteiger partial charge in [0.05, 0.1) is 18.9 Å². The maximum atomic E-state index is 5.89. The summed E-state index contributed by atoms with van der Waals surface area (Å²) in [4.78, 5) is 6.44. The Kier molecular flexibility index (Phi) is 4.52. The minimum atomic E-state index is 0.0290. The number of anilines is 3. The number of methoxy groups -OCH3 is 1. The molecule has 5 nitrogen and oxygen atoms in total. The third-order valence-electron chi connectivity index (χ3n) is 3.03. The van der Waals surface area contributed by atoms with Crippen molar-refractivity contribution in [2.24, 2.45) is 0 Å². The van der Waals surface area contributed by atoms with Gasteiger partial charge in [-0.3, -0.25) is 0 Å². The highest BCUT2D eigenvalue weighted by Crippen LogP contribution is 2.28. The fraction of sp³-hybridized carbons (Fsp3) is 0.312. The van der Waals surface area contributed by atoms with Gasteiger partial charge in [0.15, 0.2) is 0 Å². The zero-order valence-corrected chi connectivity index (χ0v) is 12.8. The molecule has 0 unspecified atom stereocenters. The van der Waals surface area contributed by atoms with E-state index in [4.69, 9.17) is 15.2 Å². The van der Waals surface area contributed by atoms with Crippen LogP contribution in [0, 0.1) is 0 Å². The van der Waals surface area contributed by atoms with E-state index in [0.717, 1.165) is 17.3 Å². The predicted molar refractivity (Wildman–Crippen MR) is 85.5 cm³/mol. The smallest absolute Gasteiger partial charge is 0.239 e. The van der Waals surface area contributed by atoms with Gasteiger partial charge in [-0.25, -0.2) is 0 Å². The lowest BCUT2D eigenvalue weighted by molar-refractivity contribution is 0.234. The number of hydrogen-bond acceptors (Lipinski definition) is 5. The lowest BCUT2D eigenvalue weighted by atomic mass is 10.2. The summed E-state index contributed by atoms with van der Waals surface area (Å²) in [5, 5.41) is 0. The number of rotatable bonds is 5. The zero-order valence-electron chi connectivity index (χ0n) is 12.8. The van der Waals surface area contributed by atoms with Gasteiger partial charge in [-0.2, -0.15) is 4.98 Å². The Morgan fingerprint density at radius 1 is 1.10 bits per heavy atom. The molecule has 112 valence electrons.